The number of ether oxygens (including phenoxy) is 4. The van der Waals surface area contributed by atoms with Gasteiger partial charge in [0.1, 0.15) is 23.4 Å². The van der Waals surface area contributed by atoms with E-state index in [1.807, 2.05) is 37.6 Å². The van der Waals surface area contributed by atoms with E-state index in [0.29, 0.717) is 24.7 Å². The molecule has 0 spiro atoms. The van der Waals surface area contributed by atoms with Crippen LogP contribution in [-0.2, 0) is 11.8 Å². The number of benzene rings is 1. The molecule has 10 heteroatoms. The van der Waals surface area contributed by atoms with Gasteiger partial charge in [0.15, 0.2) is 5.96 Å². The highest BCUT2D eigenvalue weighted by molar-refractivity contribution is 14.0. The van der Waals surface area contributed by atoms with Crippen molar-refractivity contribution in [2.24, 2.45) is 12.0 Å². The molecule has 0 amide bonds. The van der Waals surface area contributed by atoms with Crippen LogP contribution in [0.1, 0.15) is 18.1 Å². The summed E-state index contributed by atoms with van der Waals surface area (Å²) in [5, 5.41) is 7.66. The predicted octanol–water partition coefficient (Wildman–Crippen LogP) is 2.47. The topological polar surface area (TPSA) is 82.4 Å². The van der Waals surface area contributed by atoms with Crippen LogP contribution in [0.5, 0.6) is 17.2 Å². The van der Waals surface area contributed by atoms with Gasteiger partial charge in [-0.25, -0.2) is 0 Å². The predicted molar refractivity (Wildman–Crippen MR) is 130 cm³/mol. The van der Waals surface area contributed by atoms with E-state index >= 15 is 0 Å². The SMILES string of the molecule is CN=C(NCCCOc1cc(OC)cc(OC)c1)N1CCOC(c2cnn(C)c2)C1.I. The molecule has 3 rings (SSSR count). The lowest BCUT2D eigenvalue weighted by atomic mass is 10.1. The molecule has 1 fully saturated rings. The molecular weight excluding hydrogens is 513 g/mol. The fraction of sp³-hybridized carbons (Fsp3) is 0.524. The number of morpholine rings is 1. The van der Waals surface area contributed by atoms with Crippen LogP contribution in [0.25, 0.3) is 0 Å². The first-order valence-corrected chi connectivity index (χ1v) is 10.0. The summed E-state index contributed by atoms with van der Waals surface area (Å²) in [6.45, 7) is 3.52. The third-order valence-electron chi connectivity index (χ3n) is 4.87. The third-order valence-corrected chi connectivity index (χ3v) is 4.87. The maximum Gasteiger partial charge on any atom is 0.193 e. The van der Waals surface area contributed by atoms with Crippen molar-refractivity contribution >= 4 is 29.9 Å². The Morgan fingerprint density at radius 1 is 1.23 bits per heavy atom. The minimum absolute atomic E-state index is 0. The van der Waals surface area contributed by atoms with Crippen LogP contribution in [0.15, 0.2) is 35.6 Å². The minimum atomic E-state index is -0.00243. The molecule has 1 aromatic heterocycles. The summed E-state index contributed by atoms with van der Waals surface area (Å²) in [7, 11) is 6.96. The van der Waals surface area contributed by atoms with Crippen molar-refractivity contribution < 1.29 is 18.9 Å². The van der Waals surface area contributed by atoms with E-state index < -0.39 is 0 Å². The number of halogens is 1. The minimum Gasteiger partial charge on any atom is -0.496 e. The third kappa shape index (κ3) is 7.17. The number of guanidine groups is 1. The quantitative estimate of drug-likeness (QED) is 0.236. The van der Waals surface area contributed by atoms with Crippen molar-refractivity contribution in [2.45, 2.75) is 12.5 Å². The molecular formula is C21H32IN5O4. The Labute approximate surface area is 200 Å². The van der Waals surface area contributed by atoms with E-state index in [1.165, 1.54) is 0 Å². The molecule has 1 unspecified atom stereocenters. The van der Waals surface area contributed by atoms with Crippen molar-refractivity contribution in [3.05, 3.63) is 36.2 Å². The standard InChI is InChI=1S/C21H31N5O4.HI/c1-22-21(26-7-9-30-20(15-26)16-13-24-25(2)14-16)23-6-5-8-29-19-11-17(27-3)10-18(12-19)28-4;/h10-14,20H,5-9,15H2,1-4H3,(H,22,23);1H. The van der Waals surface area contributed by atoms with Crippen LogP contribution in [0.2, 0.25) is 0 Å². The van der Waals surface area contributed by atoms with E-state index in [1.54, 1.807) is 25.9 Å². The Morgan fingerprint density at radius 2 is 1.94 bits per heavy atom. The molecule has 0 saturated carbocycles. The molecule has 9 nitrogen and oxygen atoms in total. The van der Waals surface area contributed by atoms with E-state index in [9.17, 15) is 0 Å². The number of rotatable bonds is 8. The van der Waals surface area contributed by atoms with E-state index in [4.69, 9.17) is 18.9 Å². The highest BCUT2D eigenvalue weighted by Gasteiger charge is 2.25. The molecule has 1 aromatic carbocycles. The Hall–Kier alpha value is -2.21. The number of nitrogens with one attached hydrogen (secondary N) is 1. The van der Waals surface area contributed by atoms with Gasteiger partial charge in [-0.1, -0.05) is 0 Å². The molecule has 1 atom stereocenters. The van der Waals surface area contributed by atoms with Crippen LogP contribution in [0.3, 0.4) is 0 Å². The van der Waals surface area contributed by atoms with Crippen molar-refractivity contribution in [2.75, 3.05) is 54.1 Å². The normalized spacial score (nSPS) is 16.5. The second-order valence-corrected chi connectivity index (χ2v) is 6.98. The van der Waals surface area contributed by atoms with Crippen LogP contribution < -0.4 is 19.5 Å². The summed E-state index contributed by atoms with van der Waals surface area (Å²) in [5.41, 5.74) is 1.08. The maximum atomic E-state index is 5.91. The van der Waals surface area contributed by atoms with Crippen molar-refractivity contribution in [1.82, 2.24) is 20.0 Å². The molecule has 0 radical (unpaired) electrons. The Morgan fingerprint density at radius 3 is 2.55 bits per heavy atom. The number of nitrogens with zero attached hydrogens (tertiary/aromatic N) is 4. The van der Waals surface area contributed by atoms with Gasteiger partial charge in [0.25, 0.3) is 0 Å². The molecule has 2 aromatic rings. The Bertz CT molecular complexity index is 823. The number of methoxy groups -OCH3 is 2. The molecule has 2 heterocycles. The molecule has 0 bridgehead atoms. The van der Waals surface area contributed by atoms with Gasteiger partial charge in [-0.05, 0) is 6.42 Å². The second kappa shape index (κ2) is 12.6. The van der Waals surface area contributed by atoms with Gasteiger partial charge in [-0.3, -0.25) is 9.67 Å². The maximum absolute atomic E-state index is 5.91. The largest absolute Gasteiger partial charge is 0.496 e. The van der Waals surface area contributed by atoms with Crippen molar-refractivity contribution in [3.63, 3.8) is 0 Å². The fourth-order valence-corrected chi connectivity index (χ4v) is 3.31. The molecule has 1 aliphatic rings. The van der Waals surface area contributed by atoms with Gasteiger partial charge in [0.05, 0.1) is 40.2 Å². The smallest absolute Gasteiger partial charge is 0.193 e. The molecule has 1 aliphatic heterocycles. The molecule has 172 valence electrons. The highest BCUT2D eigenvalue weighted by Crippen LogP contribution is 2.27. The van der Waals surface area contributed by atoms with Crippen molar-refractivity contribution in [3.8, 4) is 17.2 Å². The summed E-state index contributed by atoms with van der Waals surface area (Å²) in [6.07, 6.45) is 4.68. The number of aliphatic imine (C=N–C) groups is 1. The Kier molecular flexibility index (Phi) is 10.2. The average Bonchev–Trinajstić information content (AvgIpc) is 3.22. The van der Waals surface area contributed by atoms with E-state index in [0.717, 1.165) is 43.3 Å². The fourth-order valence-electron chi connectivity index (χ4n) is 3.31. The van der Waals surface area contributed by atoms with Crippen molar-refractivity contribution in [1.29, 1.82) is 0 Å². The first-order chi connectivity index (χ1) is 14.6. The summed E-state index contributed by atoms with van der Waals surface area (Å²) in [4.78, 5) is 6.64. The van der Waals surface area contributed by atoms with Crippen LogP contribution >= 0.6 is 24.0 Å². The van der Waals surface area contributed by atoms with Gasteiger partial charge in [-0.15, -0.1) is 24.0 Å². The lowest BCUT2D eigenvalue weighted by Crippen LogP contribution is -2.48. The number of aryl methyl sites for hydroxylation is 1. The van der Waals surface area contributed by atoms with E-state index in [-0.39, 0.29) is 30.1 Å². The first-order valence-electron chi connectivity index (χ1n) is 10.0. The zero-order valence-corrected chi connectivity index (χ0v) is 20.9. The van der Waals surface area contributed by atoms with Crippen LogP contribution in [0.4, 0.5) is 0 Å². The van der Waals surface area contributed by atoms with Gasteiger partial charge in [-0.2, -0.15) is 5.10 Å². The van der Waals surface area contributed by atoms with Gasteiger partial charge in [0, 0.05) is 57.1 Å². The zero-order valence-electron chi connectivity index (χ0n) is 18.5. The lowest BCUT2D eigenvalue weighted by Gasteiger charge is -2.34. The summed E-state index contributed by atoms with van der Waals surface area (Å²) in [6, 6.07) is 5.52. The summed E-state index contributed by atoms with van der Waals surface area (Å²) < 4.78 is 24.1. The second-order valence-electron chi connectivity index (χ2n) is 6.98. The summed E-state index contributed by atoms with van der Waals surface area (Å²) in [5.74, 6) is 3.01. The first kappa shape index (κ1) is 25.1. The van der Waals surface area contributed by atoms with E-state index in [2.05, 4.69) is 20.3 Å². The van der Waals surface area contributed by atoms with Crippen LogP contribution in [-0.4, -0.2) is 74.8 Å². The van der Waals surface area contributed by atoms with Gasteiger partial charge in [0.2, 0.25) is 0 Å². The average molecular weight is 545 g/mol. The van der Waals surface area contributed by atoms with Crippen LogP contribution in [0, 0.1) is 0 Å². The molecule has 0 aliphatic carbocycles. The van der Waals surface area contributed by atoms with Gasteiger partial charge < -0.3 is 29.2 Å². The number of hydrogen-bond donors (Lipinski definition) is 1. The molecule has 1 saturated heterocycles. The summed E-state index contributed by atoms with van der Waals surface area (Å²) >= 11 is 0. The Balaban J connectivity index is 0.00000341. The number of aromatic nitrogens is 2. The molecule has 1 N–H and O–H groups in total. The highest BCUT2D eigenvalue weighted by atomic mass is 127. The monoisotopic (exact) mass is 545 g/mol. The number of hydrogen-bond acceptors (Lipinski definition) is 6. The van der Waals surface area contributed by atoms with Gasteiger partial charge >= 0.3 is 0 Å². The molecule has 31 heavy (non-hydrogen) atoms. The lowest BCUT2D eigenvalue weighted by molar-refractivity contribution is -0.00803. The zero-order chi connectivity index (χ0) is 21.3.